The summed E-state index contributed by atoms with van der Waals surface area (Å²) >= 11 is 0. The molecule has 0 fully saturated rings. The molecular formula is C9H21NO. The first kappa shape index (κ1) is 13.1. The van der Waals surface area contributed by atoms with Crippen LogP contribution in [0.15, 0.2) is 0 Å². The van der Waals surface area contributed by atoms with E-state index in [2.05, 4.69) is 26.5 Å². The van der Waals surface area contributed by atoms with Gasteiger partial charge in [0.15, 0.2) is 0 Å². The molecule has 0 heterocycles. The fourth-order valence-electron chi connectivity index (χ4n) is 0.757. The highest BCUT2D eigenvalue weighted by Gasteiger charge is 1.94. The first-order valence-electron chi connectivity index (χ1n) is 4.38. The van der Waals surface area contributed by atoms with Gasteiger partial charge in [0.05, 0.1) is 0 Å². The first-order valence-corrected chi connectivity index (χ1v) is 4.38. The van der Waals surface area contributed by atoms with E-state index in [1.165, 1.54) is 25.7 Å². The van der Waals surface area contributed by atoms with E-state index in [1.807, 2.05) is 0 Å². The summed E-state index contributed by atoms with van der Waals surface area (Å²) < 4.78 is 0. The van der Waals surface area contributed by atoms with Crippen molar-refractivity contribution in [2.24, 2.45) is 11.7 Å². The molecule has 1 unspecified atom stereocenters. The Morgan fingerprint density at radius 1 is 1.45 bits per heavy atom. The molecule has 0 radical (unpaired) electrons. The minimum absolute atomic E-state index is 0.250. The molecule has 11 heavy (non-hydrogen) atoms. The van der Waals surface area contributed by atoms with Crippen molar-refractivity contribution in [1.29, 1.82) is 0 Å². The summed E-state index contributed by atoms with van der Waals surface area (Å²) in [5.41, 5.74) is 4.17. The van der Waals surface area contributed by atoms with E-state index in [0.717, 1.165) is 5.92 Å². The molecule has 0 spiro atoms. The van der Waals surface area contributed by atoms with Crippen LogP contribution in [0.1, 0.15) is 46.5 Å². The van der Waals surface area contributed by atoms with Crippen LogP contribution in [-0.4, -0.2) is 6.41 Å². The van der Waals surface area contributed by atoms with Gasteiger partial charge in [-0.1, -0.05) is 46.5 Å². The van der Waals surface area contributed by atoms with Crippen molar-refractivity contribution in [2.75, 3.05) is 0 Å². The molecule has 0 aromatic carbocycles. The van der Waals surface area contributed by atoms with Gasteiger partial charge in [0.25, 0.3) is 0 Å². The largest absolute Gasteiger partial charge is 0.372 e. The van der Waals surface area contributed by atoms with Gasteiger partial charge < -0.3 is 5.73 Å². The molecule has 2 nitrogen and oxygen atoms in total. The average molecular weight is 159 g/mol. The van der Waals surface area contributed by atoms with Gasteiger partial charge in [0, 0.05) is 0 Å². The number of primary amides is 1. The lowest BCUT2D eigenvalue weighted by Gasteiger charge is -2.04. The van der Waals surface area contributed by atoms with Crippen LogP contribution in [0.4, 0.5) is 0 Å². The SMILES string of the molecule is CCCCC(C)CC.NC=O. The second-order valence-electron chi connectivity index (χ2n) is 2.79. The van der Waals surface area contributed by atoms with Crippen LogP contribution in [0, 0.1) is 5.92 Å². The van der Waals surface area contributed by atoms with Gasteiger partial charge in [-0.05, 0) is 5.92 Å². The van der Waals surface area contributed by atoms with Gasteiger partial charge in [0.2, 0.25) is 6.41 Å². The van der Waals surface area contributed by atoms with Crippen molar-refractivity contribution in [2.45, 2.75) is 46.5 Å². The summed E-state index contributed by atoms with van der Waals surface area (Å²) in [5.74, 6) is 0.954. The predicted octanol–water partition coefficient (Wildman–Crippen LogP) is 2.32. The molecule has 0 aliphatic rings. The van der Waals surface area contributed by atoms with Crippen LogP contribution in [0.3, 0.4) is 0 Å². The highest BCUT2D eigenvalue weighted by Crippen LogP contribution is 2.09. The van der Waals surface area contributed by atoms with E-state index in [1.54, 1.807) is 0 Å². The Morgan fingerprint density at radius 3 is 2.18 bits per heavy atom. The average Bonchev–Trinajstić information content (AvgIpc) is 2.02. The summed E-state index contributed by atoms with van der Waals surface area (Å²) in [6.45, 7) is 6.85. The van der Waals surface area contributed by atoms with Crippen LogP contribution < -0.4 is 5.73 Å². The molecule has 0 saturated carbocycles. The number of hydrogen-bond donors (Lipinski definition) is 1. The number of nitrogens with two attached hydrogens (primary N) is 1. The molecule has 0 aromatic rings. The smallest absolute Gasteiger partial charge is 0.204 e. The third-order valence-corrected chi connectivity index (χ3v) is 1.75. The van der Waals surface area contributed by atoms with E-state index in [-0.39, 0.29) is 6.41 Å². The molecule has 2 heteroatoms. The van der Waals surface area contributed by atoms with Crippen molar-refractivity contribution in [3.63, 3.8) is 0 Å². The Kier molecular flexibility index (Phi) is 14.5. The molecule has 0 aliphatic carbocycles. The highest BCUT2D eigenvalue weighted by molar-refractivity contribution is 5.42. The molecule has 0 saturated heterocycles. The lowest BCUT2D eigenvalue weighted by Crippen LogP contribution is -1.89. The van der Waals surface area contributed by atoms with Crippen LogP contribution in [0.25, 0.3) is 0 Å². The zero-order valence-corrected chi connectivity index (χ0v) is 7.97. The van der Waals surface area contributed by atoms with E-state index in [4.69, 9.17) is 4.79 Å². The fraction of sp³-hybridized carbons (Fsp3) is 0.889. The highest BCUT2D eigenvalue weighted by atomic mass is 16.1. The molecule has 0 aromatic heterocycles. The summed E-state index contributed by atoms with van der Waals surface area (Å²) in [6.07, 6.45) is 5.78. The van der Waals surface area contributed by atoms with Gasteiger partial charge in [-0.25, -0.2) is 0 Å². The summed E-state index contributed by atoms with van der Waals surface area (Å²) in [6, 6.07) is 0. The summed E-state index contributed by atoms with van der Waals surface area (Å²) in [5, 5.41) is 0. The Morgan fingerprint density at radius 2 is 1.91 bits per heavy atom. The topological polar surface area (TPSA) is 43.1 Å². The van der Waals surface area contributed by atoms with Crippen LogP contribution in [0.2, 0.25) is 0 Å². The Hall–Kier alpha value is -0.530. The van der Waals surface area contributed by atoms with Gasteiger partial charge in [-0.3, -0.25) is 4.79 Å². The second kappa shape index (κ2) is 12.2. The third kappa shape index (κ3) is 17.7. The standard InChI is InChI=1S/C8H18.CH3NO/c1-4-6-7-8(3)5-2;2-1-3/h8H,4-7H2,1-3H3;1H,(H2,2,3). The maximum absolute atomic E-state index is 8.58. The maximum Gasteiger partial charge on any atom is 0.204 e. The zero-order chi connectivity index (χ0) is 9.11. The number of hydrogen-bond acceptors (Lipinski definition) is 1. The lowest BCUT2D eigenvalue weighted by atomic mass is 10.0. The lowest BCUT2D eigenvalue weighted by molar-refractivity contribution is -0.106. The van der Waals surface area contributed by atoms with Gasteiger partial charge in [-0.2, -0.15) is 0 Å². The first-order chi connectivity index (χ1) is 5.22. The number of rotatable bonds is 4. The Bertz CT molecular complexity index is 74.0. The summed E-state index contributed by atoms with van der Waals surface area (Å²) in [7, 11) is 0. The summed E-state index contributed by atoms with van der Waals surface area (Å²) in [4.78, 5) is 8.58. The number of unbranched alkanes of at least 4 members (excludes halogenated alkanes) is 1. The molecule has 68 valence electrons. The van der Waals surface area contributed by atoms with E-state index < -0.39 is 0 Å². The molecule has 0 bridgehead atoms. The predicted molar refractivity (Wildman–Crippen MR) is 49.2 cm³/mol. The number of amides is 1. The number of carbonyl (C=O) groups is 1. The molecule has 2 N–H and O–H groups in total. The van der Waals surface area contributed by atoms with Crippen LogP contribution >= 0.6 is 0 Å². The van der Waals surface area contributed by atoms with E-state index in [9.17, 15) is 0 Å². The zero-order valence-electron chi connectivity index (χ0n) is 7.97. The second-order valence-corrected chi connectivity index (χ2v) is 2.79. The Balaban J connectivity index is 0. The minimum atomic E-state index is 0.250. The monoisotopic (exact) mass is 159 g/mol. The van der Waals surface area contributed by atoms with Crippen molar-refractivity contribution < 1.29 is 4.79 Å². The van der Waals surface area contributed by atoms with E-state index >= 15 is 0 Å². The molecule has 1 amide bonds. The third-order valence-electron chi connectivity index (χ3n) is 1.75. The molecular weight excluding hydrogens is 138 g/mol. The maximum atomic E-state index is 8.58. The molecule has 1 atom stereocenters. The van der Waals surface area contributed by atoms with Gasteiger partial charge >= 0.3 is 0 Å². The van der Waals surface area contributed by atoms with Crippen molar-refractivity contribution in [1.82, 2.24) is 0 Å². The number of carbonyl (C=O) groups excluding carboxylic acids is 1. The fourth-order valence-corrected chi connectivity index (χ4v) is 0.757. The van der Waals surface area contributed by atoms with Gasteiger partial charge in [-0.15, -0.1) is 0 Å². The van der Waals surface area contributed by atoms with Crippen molar-refractivity contribution in [3.8, 4) is 0 Å². The van der Waals surface area contributed by atoms with E-state index in [0.29, 0.717) is 0 Å². The van der Waals surface area contributed by atoms with Crippen LogP contribution in [-0.2, 0) is 4.79 Å². The quantitative estimate of drug-likeness (QED) is 0.628. The normalized spacial score (nSPS) is 11.2. The molecule has 0 aliphatic heterocycles. The van der Waals surface area contributed by atoms with Gasteiger partial charge in [0.1, 0.15) is 0 Å². The Labute approximate surface area is 70.2 Å². The molecule has 0 rings (SSSR count). The minimum Gasteiger partial charge on any atom is -0.372 e. The van der Waals surface area contributed by atoms with Crippen molar-refractivity contribution in [3.05, 3.63) is 0 Å². The van der Waals surface area contributed by atoms with Crippen molar-refractivity contribution >= 4 is 6.41 Å². The van der Waals surface area contributed by atoms with Crippen LogP contribution in [0.5, 0.6) is 0 Å².